The fourth-order valence-corrected chi connectivity index (χ4v) is 4.61. The first kappa shape index (κ1) is 18.2. The van der Waals surface area contributed by atoms with E-state index in [-0.39, 0.29) is 12.1 Å². The van der Waals surface area contributed by atoms with E-state index in [1.165, 1.54) is 12.8 Å². The summed E-state index contributed by atoms with van der Waals surface area (Å²) in [6.07, 6.45) is 8.66. The number of benzene rings is 1. The highest BCUT2D eigenvalue weighted by atomic mass is 32.1. The van der Waals surface area contributed by atoms with Crippen LogP contribution in [0.15, 0.2) is 71.5 Å². The first-order valence-electron chi connectivity index (χ1n) is 10.1. The van der Waals surface area contributed by atoms with Gasteiger partial charge in [-0.25, -0.2) is 0 Å². The van der Waals surface area contributed by atoms with Crippen LogP contribution in [0.3, 0.4) is 0 Å². The second-order valence-electron chi connectivity index (χ2n) is 7.53. The second kappa shape index (κ2) is 7.87. The van der Waals surface area contributed by atoms with E-state index in [9.17, 15) is 0 Å². The molecule has 5 rings (SSSR count). The largest absolute Gasteiger partial charge is 0.490 e. The molecule has 5 nitrogen and oxygen atoms in total. The molecular weight excluding hydrogens is 382 g/mol. The molecule has 2 aliphatic rings. The Morgan fingerprint density at radius 2 is 1.86 bits per heavy atom. The summed E-state index contributed by atoms with van der Waals surface area (Å²) in [5.74, 6) is 1.76. The third kappa shape index (κ3) is 3.60. The SMILES string of the molecule is S=C1N[C@@H](c2ccccn2)[C@@H](c2ccco2)N1c1ccc(OC2CCCC2)cc1. The highest BCUT2D eigenvalue weighted by molar-refractivity contribution is 7.80. The van der Waals surface area contributed by atoms with Crippen LogP contribution in [-0.2, 0) is 0 Å². The van der Waals surface area contributed by atoms with Gasteiger partial charge in [-0.1, -0.05) is 6.07 Å². The molecule has 3 heterocycles. The maximum atomic E-state index is 6.11. The molecule has 2 atom stereocenters. The van der Waals surface area contributed by atoms with Crippen molar-refractivity contribution in [1.29, 1.82) is 0 Å². The van der Waals surface area contributed by atoms with Crippen LogP contribution < -0.4 is 15.0 Å². The molecule has 0 amide bonds. The lowest BCUT2D eigenvalue weighted by Crippen LogP contribution is -2.29. The number of anilines is 1. The number of ether oxygens (including phenoxy) is 1. The van der Waals surface area contributed by atoms with E-state index in [1.54, 1.807) is 12.5 Å². The zero-order valence-corrected chi connectivity index (χ0v) is 16.8. The monoisotopic (exact) mass is 405 g/mol. The number of hydrogen-bond acceptors (Lipinski definition) is 4. The van der Waals surface area contributed by atoms with Gasteiger partial charge in [0.05, 0.1) is 24.1 Å². The minimum Gasteiger partial charge on any atom is -0.490 e. The zero-order chi connectivity index (χ0) is 19.6. The number of hydrogen-bond donors (Lipinski definition) is 1. The Labute approximate surface area is 175 Å². The van der Waals surface area contributed by atoms with Gasteiger partial charge >= 0.3 is 0 Å². The van der Waals surface area contributed by atoms with E-state index in [0.717, 1.165) is 35.7 Å². The van der Waals surface area contributed by atoms with Crippen molar-refractivity contribution < 1.29 is 9.15 Å². The highest BCUT2D eigenvalue weighted by Gasteiger charge is 2.42. The number of aromatic nitrogens is 1. The van der Waals surface area contributed by atoms with Crippen molar-refractivity contribution >= 4 is 23.0 Å². The zero-order valence-electron chi connectivity index (χ0n) is 16.0. The summed E-state index contributed by atoms with van der Waals surface area (Å²) >= 11 is 5.71. The van der Waals surface area contributed by atoms with Crippen LogP contribution in [-0.4, -0.2) is 16.2 Å². The van der Waals surface area contributed by atoms with Crippen molar-refractivity contribution in [2.75, 3.05) is 4.90 Å². The third-order valence-corrected chi connectivity index (χ3v) is 5.97. The summed E-state index contributed by atoms with van der Waals surface area (Å²) in [6, 6.07) is 17.8. The number of furan rings is 1. The van der Waals surface area contributed by atoms with Crippen molar-refractivity contribution in [2.24, 2.45) is 0 Å². The lowest BCUT2D eigenvalue weighted by atomic mass is 10.0. The van der Waals surface area contributed by atoms with Gasteiger partial charge < -0.3 is 19.4 Å². The molecule has 1 N–H and O–H groups in total. The molecule has 2 fully saturated rings. The fourth-order valence-electron chi connectivity index (χ4n) is 4.27. The van der Waals surface area contributed by atoms with Gasteiger partial charge in [-0.15, -0.1) is 0 Å². The standard InChI is InChI=1S/C23H23N3O2S/c29-23-25-21(19-8-3-4-14-24-19)22(20-9-5-15-27-20)26(23)16-10-12-18(13-11-16)28-17-6-1-2-7-17/h3-5,8-15,17,21-22H,1-2,6-7H2,(H,25,29)/t21-,22+/m0/s1. The summed E-state index contributed by atoms with van der Waals surface area (Å²) in [4.78, 5) is 6.65. The first-order chi connectivity index (χ1) is 14.3. The molecule has 1 saturated carbocycles. The molecule has 0 spiro atoms. The average Bonchev–Trinajstić information content (AvgIpc) is 3.50. The van der Waals surface area contributed by atoms with Gasteiger partial charge in [-0.05, 0) is 86.4 Å². The van der Waals surface area contributed by atoms with E-state index in [4.69, 9.17) is 21.4 Å². The van der Waals surface area contributed by atoms with E-state index in [2.05, 4.69) is 27.3 Å². The summed E-state index contributed by atoms with van der Waals surface area (Å²) < 4.78 is 11.9. The van der Waals surface area contributed by atoms with Crippen molar-refractivity contribution in [3.05, 3.63) is 78.5 Å². The van der Waals surface area contributed by atoms with Crippen LogP contribution in [0, 0.1) is 0 Å². The molecule has 148 valence electrons. The Hall–Kier alpha value is -2.86. The molecule has 2 aromatic heterocycles. The number of nitrogens with one attached hydrogen (secondary N) is 1. The van der Waals surface area contributed by atoms with Gasteiger partial charge in [0.2, 0.25) is 0 Å². The van der Waals surface area contributed by atoms with Crippen LogP contribution in [0.1, 0.15) is 49.2 Å². The van der Waals surface area contributed by atoms with Gasteiger partial charge in [0.1, 0.15) is 17.6 Å². The van der Waals surface area contributed by atoms with Crippen LogP contribution >= 0.6 is 12.2 Å². The lowest BCUT2D eigenvalue weighted by molar-refractivity contribution is 0.210. The van der Waals surface area contributed by atoms with E-state index >= 15 is 0 Å². The van der Waals surface area contributed by atoms with Crippen molar-refractivity contribution in [3.63, 3.8) is 0 Å². The smallest absolute Gasteiger partial charge is 0.174 e. The molecule has 1 aliphatic carbocycles. The molecule has 1 aromatic carbocycles. The maximum absolute atomic E-state index is 6.11. The number of rotatable bonds is 5. The fraction of sp³-hybridized carbons (Fsp3) is 0.304. The second-order valence-corrected chi connectivity index (χ2v) is 7.92. The minimum atomic E-state index is -0.117. The van der Waals surface area contributed by atoms with Gasteiger partial charge in [0, 0.05) is 11.9 Å². The van der Waals surface area contributed by atoms with Crippen LogP contribution in [0.25, 0.3) is 0 Å². The topological polar surface area (TPSA) is 50.5 Å². The molecule has 0 bridgehead atoms. The van der Waals surface area contributed by atoms with Crippen molar-refractivity contribution in [1.82, 2.24) is 10.3 Å². The van der Waals surface area contributed by atoms with Crippen molar-refractivity contribution in [2.45, 2.75) is 43.9 Å². The summed E-state index contributed by atoms with van der Waals surface area (Å²) in [6.45, 7) is 0. The van der Waals surface area contributed by atoms with Crippen molar-refractivity contribution in [3.8, 4) is 5.75 Å². The molecule has 0 unspecified atom stereocenters. The first-order valence-corrected chi connectivity index (χ1v) is 10.5. The predicted molar refractivity (Wildman–Crippen MR) is 116 cm³/mol. The van der Waals surface area contributed by atoms with E-state index in [1.807, 2.05) is 42.5 Å². The summed E-state index contributed by atoms with van der Waals surface area (Å²) in [7, 11) is 0. The Kier molecular flexibility index (Phi) is 4.94. The quantitative estimate of drug-likeness (QED) is 0.591. The van der Waals surface area contributed by atoms with Crippen LogP contribution in [0.4, 0.5) is 5.69 Å². The maximum Gasteiger partial charge on any atom is 0.174 e. The minimum absolute atomic E-state index is 0.0933. The average molecular weight is 406 g/mol. The van der Waals surface area contributed by atoms with E-state index in [0.29, 0.717) is 11.2 Å². The van der Waals surface area contributed by atoms with Gasteiger partial charge in [-0.2, -0.15) is 0 Å². The van der Waals surface area contributed by atoms with Gasteiger partial charge in [0.15, 0.2) is 5.11 Å². The molecule has 3 aromatic rings. The Balaban J connectivity index is 1.45. The normalized spacial score (nSPS) is 22.1. The number of nitrogens with zero attached hydrogens (tertiary/aromatic N) is 2. The van der Waals surface area contributed by atoms with Gasteiger partial charge in [0.25, 0.3) is 0 Å². The molecule has 6 heteroatoms. The number of thiocarbonyl (C=S) groups is 1. The Morgan fingerprint density at radius 1 is 1.03 bits per heavy atom. The van der Waals surface area contributed by atoms with Gasteiger partial charge in [-0.3, -0.25) is 4.98 Å². The summed E-state index contributed by atoms with van der Waals surface area (Å²) in [5.41, 5.74) is 1.93. The molecule has 1 aliphatic heterocycles. The lowest BCUT2D eigenvalue weighted by Gasteiger charge is -2.26. The van der Waals surface area contributed by atoms with E-state index < -0.39 is 0 Å². The third-order valence-electron chi connectivity index (χ3n) is 5.65. The van der Waals surface area contributed by atoms with Crippen LogP contribution in [0.2, 0.25) is 0 Å². The number of pyridine rings is 1. The molecule has 29 heavy (non-hydrogen) atoms. The Morgan fingerprint density at radius 3 is 2.55 bits per heavy atom. The molecule has 1 saturated heterocycles. The Bertz CT molecular complexity index is 954. The summed E-state index contributed by atoms with van der Waals surface area (Å²) in [5, 5.41) is 4.09. The molecular formula is C23H23N3O2S. The highest BCUT2D eigenvalue weighted by Crippen LogP contribution is 2.41. The van der Waals surface area contributed by atoms with Crippen LogP contribution in [0.5, 0.6) is 5.75 Å². The molecule has 0 radical (unpaired) electrons. The predicted octanol–water partition coefficient (Wildman–Crippen LogP) is 5.17.